The van der Waals surface area contributed by atoms with Crippen molar-refractivity contribution in [3.63, 3.8) is 0 Å². The minimum Gasteiger partial charge on any atom is -0.495 e. The molecule has 0 aliphatic heterocycles. The van der Waals surface area contributed by atoms with E-state index in [9.17, 15) is 9.59 Å². The van der Waals surface area contributed by atoms with Crippen molar-refractivity contribution in [1.82, 2.24) is 0 Å². The molecule has 0 fully saturated rings. The van der Waals surface area contributed by atoms with Crippen LogP contribution in [0.3, 0.4) is 0 Å². The summed E-state index contributed by atoms with van der Waals surface area (Å²) in [6, 6.07) is 4.67. The lowest BCUT2D eigenvalue weighted by Crippen LogP contribution is -2.02. The number of hydrogen-bond donors (Lipinski definition) is 0. The molecule has 0 aromatic heterocycles. The van der Waals surface area contributed by atoms with Gasteiger partial charge in [-0.1, -0.05) is 5.92 Å². The molecule has 1 aromatic rings. The molecule has 82 valence electrons. The molecule has 4 heteroatoms. The highest BCUT2D eigenvalue weighted by atomic mass is 16.5. The summed E-state index contributed by atoms with van der Waals surface area (Å²) >= 11 is 0. The fourth-order valence-corrected chi connectivity index (χ4v) is 1.15. The van der Waals surface area contributed by atoms with E-state index in [1.807, 2.05) is 0 Å². The van der Waals surface area contributed by atoms with Gasteiger partial charge in [0.2, 0.25) is 0 Å². The number of ether oxygens (including phenoxy) is 2. The van der Waals surface area contributed by atoms with Crippen molar-refractivity contribution in [2.45, 2.75) is 0 Å². The van der Waals surface area contributed by atoms with Crippen LogP contribution >= 0.6 is 0 Å². The Morgan fingerprint density at radius 3 is 2.69 bits per heavy atom. The molecule has 0 saturated carbocycles. The van der Waals surface area contributed by atoms with Gasteiger partial charge in [-0.3, -0.25) is 4.79 Å². The summed E-state index contributed by atoms with van der Waals surface area (Å²) in [4.78, 5) is 21.3. The molecule has 1 aromatic carbocycles. The van der Waals surface area contributed by atoms with Crippen molar-refractivity contribution in [2.75, 3.05) is 14.2 Å². The van der Waals surface area contributed by atoms with E-state index in [2.05, 4.69) is 16.6 Å². The Hall–Kier alpha value is -2.28. The zero-order valence-corrected chi connectivity index (χ0v) is 8.94. The van der Waals surface area contributed by atoms with Gasteiger partial charge in [-0.25, -0.2) is 4.79 Å². The zero-order chi connectivity index (χ0) is 12.0. The number of rotatable bonds is 2. The molecule has 0 aliphatic rings. The zero-order valence-electron chi connectivity index (χ0n) is 8.94. The van der Waals surface area contributed by atoms with Crippen molar-refractivity contribution in [3.8, 4) is 17.6 Å². The van der Waals surface area contributed by atoms with E-state index in [1.165, 1.54) is 20.3 Å². The third-order valence-corrected chi connectivity index (χ3v) is 1.89. The monoisotopic (exact) mass is 218 g/mol. The van der Waals surface area contributed by atoms with Gasteiger partial charge in [0.25, 0.3) is 0 Å². The van der Waals surface area contributed by atoms with Crippen LogP contribution in [0, 0.1) is 11.8 Å². The molecule has 0 saturated heterocycles. The van der Waals surface area contributed by atoms with Crippen LogP contribution in [0.4, 0.5) is 0 Å². The number of methoxy groups -OCH3 is 2. The van der Waals surface area contributed by atoms with Crippen LogP contribution in [0.5, 0.6) is 5.75 Å². The Balaban J connectivity index is 3.16. The first kappa shape index (κ1) is 11.8. The molecule has 0 heterocycles. The van der Waals surface area contributed by atoms with E-state index in [-0.39, 0.29) is 0 Å². The second kappa shape index (κ2) is 5.56. The number of aldehydes is 1. The summed E-state index contributed by atoms with van der Waals surface area (Å²) in [7, 11) is 2.76. The largest absolute Gasteiger partial charge is 0.495 e. The van der Waals surface area contributed by atoms with Gasteiger partial charge >= 0.3 is 5.97 Å². The summed E-state index contributed by atoms with van der Waals surface area (Å²) in [5.41, 5.74) is 0.915. The highest BCUT2D eigenvalue weighted by Crippen LogP contribution is 2.19. The fourth-order valence-electron chi connectivity index (χ4n) is 1.15. The molecule has 0 N–H and O–H groups in total. The molecular weight excluding hydrogens is 208 g/mol. The van der Waals surface area contributed by atoms with E-state index in [0.29, 0.717) is 23.2 Å². The second-order valence-corrected chi connectivity index (χ2v) is 2.79. The summed E-state index contributed by atoms with van der Waals surface area (Å²) < 4.78 is 9.62. The summed E-state index contributed by atoms with van der Waals surface area (Å²) in [5.74, 6) is 4.86. The first-order chi connectivity index (χ1) is 7.72. The average Bonchev–Trinajstić information content (AvgIpc) is 2.35. The van der Waals surface area contributed by atoms with Crippen molar-refractivity contribution in [3.05, 3.63) is 29.3 Å². The first-order valence-electron chi connectivity index (χ1n) is 4.44. The van der Waals surface area contributed by atoms with Gasteiger partial charge in [0.15, 0.2) is 6.29 Å². The van der Waals surface area contributed by atoms with Crippen LogP contribution in [0.2, 0.25) is 0 Å². The minimum atomic E-state index is -0.451. The number of esters is 1. The van der Waals surface area contributed by atoms with E-state index in [4.69, 9.17) is 4.74 Å². The van der Waals surface area contributed by atoms with E-state index in [1.54, 1.807) is 12.1 Å². The molecule has 0 radical (unpaired) electrons. The lowest BCUT2D eigenvalue weighted by molar-refractivity contribution is -0.103. The maximum Gasteiger partial charge on any atom is 0.337 e. The molecule has 1 rings (SSSR count). The number of benzene rings is 1. The van der Waals surface area contributed by atoms with Crippen molar-refractivity contribution < 1.29 is 19.1 Å². The van der Waals surface area contributed by atoms with E-state index >= 15 is 0 Å². The van der Waals surface area contributed by atoms with Crippen LogP contribution in [-0.4, -0.2) is 26.5 Å². The van der Waals surface area contributed by atoms with Gasteiger partial charge in [-0.2, -0.15) is 0 Å². The Labute approximate surface area is 93.2 Å². The van der Waals surface area contributed by atoms with E-state index in [0.717, 1.165) is 0 Å². The molecule has 0 amide bonds. The highest BCUT2D eigenvalue weighted by molar-refractivity contribution is 5.90. The molecular formula is C12H10O4. The number of hydrogen-bond acceptors (Lipinski definition) is 4. The lowest BCUT2D eigenvalue weighted by atomic mass is 10.1. The normalized spacial score (nSPS) is 8.62. The van der Waals surface area contributed by atoms with Crippen molar-refractivity contribution >= 4 is 12.3 Å². The Bertz CT molecular complexity index is 466. The quantitative estimate of drug-likeness (QED) is 0.422. The van der Waals surface area contributed by atoms with Gasteiger partial charge in [0.1, 0.15) is 5.75 Å². The maximum absolute atomic E-state index is 11.2. The topological polar surface area (TPSA) is 52.6 Å². The number of carbonyl (C=O) groups excluding carboxylic acids is 2. The first-order valence-corrected chi connectivity index (χ1v) is 4.44. The average molecular weight is 218 g/mol. The van der Waals surface area contributed by atoms with Gasteiger partial charge in [-0.05, 0) is 24.1 Å². The van der Waals surface area contributed by atoms with Crippen molar-refractivity contribution in [2.24, 2.45) is 0 Å². The van der Waals surface area contributed by atoms with Gasteiger partial charge < -0.3 is 9.47 Å². The second-order valence-electron chi connectivity index (χ2n) is 2.79. The van der Waals surface area contributed by atoms with Crippen LogP contribution < -0.4 is 4.74 Å². The summed E-state index contributed by atoms with van der Waals surface area (Å²) in [5, 5.41) is 0. The van der Waals surface area contributed by atoms with Crippen LogP contribution in [-0.2, 0) is 9.53 Å². The van der Waals surface area contributed by atoms with Crippen LogP contribution in [0.15, 0.2) is 18.2 Å². The molecule has 0 atom stereocenters. The lowest BCUT2D eigenvalue weighted by Gasteiger charge is -2.05. The van der Waals surface area contributed by atoms with Crippen molar-refractivity contribution in [1.29, 1.82) is 0 Å². The molecule has 0 aliphatic carbocycles. The summed E-state index contributed by atoms with van der Waals surface area (Å²) in [6.45, 7) is 0. The third kappa shape index (κ3) is 2.61. The van der Waals surface area contributed by atoms with Gasteiger partial charge in [-0.15, -0.1) is 0 Å². The molecule has 4 nitrogen and oxygen atoms in total. The predicted molar refractivity (Wildman–Crippen MR) is 57.3 cm³/mol. The maximum atomic E-state index is 11.2. The van der Waals surface area contributed by atoms with E-state index < -0.39 is 5.97 Å². The SMILES string of the molecule is COC(=O)c1ccc(C#CC=O)c(OC)c1. The van der Waals surface area contributed by atoms with Crippen LogP contribution in [0.25, 0.3) is 0 Å². The molecule has 16 heavy (non-hydrogen) atoms. The fraction of sp³-hybridized carbons (Fsp3) is 0.167. The molecule has 0 bridgehead atoms. The molecule has 0 unspecified atom stereocenters. The Kier molecular flexibility index (Phi) is 4.10. The Morgan fingerprint density at radius 1 is 1.38 bits per heavy atom. The molecule has 0 spiro atoms. The standard InChI is InChI=1S/C12H10O4/c1-15-11-8-10(12(14)16-2)6-5-9(11)4-3-7-13/h5-8H,1-2H3. The smallest absolute Gasteiger partial charge is 0.337 e. The third-order valence-electron chi connectivity index (χ3n) is 1.89. The number of carbonyl (C=O) groups is 2. The minimum absolute atomic E-state index is 0.371. The van der Waals surface area contributed by atoms with Gasteiger partial charge in [0.05, 0.1) is 25.3 Å². The highest BCUT2D eigenvalue weighted by Gasteiger charge is 2.08. The predicted octanol–water partition coefficient (Wildman–Crippen LogP) is 1.03. The Morgan fingerprint density at radius 2 is 2.12 bits per heavy atom. The van der Waals surface area contributed by atoms with Crippen LogP contribution in [0.1, 0.15) is 15.9 Å². The van der Waals surface area contributed by atoms with Gasteiger partial charge in [0, 0.05) is 0 Å². The summed E-state index contributed by atoms with van der Waals surface area (Å²) in [6.07, 6.45) is 0.494.